The topological polar surface area (TPSA) is 25.2 Å². The van der Waals surface area contributed by atoms with Gasteiger partial charge in [-0.2, -0.15) is 0 Å². The monoisotopic (exact) mass is 329 g/mol. The van der Waals surface area contributed by atoms with Crippen molar-refractivity contribution >= 4 is 16.8 Å². The second kappa shape index (κ2) is 6.96. The van der Waals surface area contributed by atoms with E-state index in [1.807, 2.05) is 36.9 Å². The van der Waals surface area contributed by atoms with Crippen LogP contribution in [0, 0.1) is 5.92 Å². The first-order valence-corrected chi connectivity index (χ1v) is 9.07. The molecule has 4 heteroatoms. The van der Waals surface area contributed by atoms with Gasteiger partial charge in [0.05, 0.1) is 12.5 Å². The normalized spacial score (nSPS) is 20.2. The van der Waals surface area contributed by atoms with Crippen molar-refractivity contribution in [2.24, 2.45) is 5.92 Å². The Kier molecular flexibility index (Phi) is 4.93. The van der Waals surface area contributed by atoms with Crippen LogP contribution in [0.2, 0.25) is 0 Å². The van der Waals surface area contributed by atoms with Gasteiger partial charge in [-0.15, -0.1) is 0 Å². The van der Waals surface area contributed by atoms with Crippen molar-refractivity contribution in [3.05, 3.63) is 35.5 Å². The summed E-state index contributed by atoms with van der Waals surface area (Å²) in [4.78, 5) is 15.0. The smallest absolute Gasteiger partial charge is 0.230 e. The van der Waals surface area contributed by atoms with Crippen molar-refractivity contribution in [1.29, 1.82) is 0 Å². The molecule has 1 heterocycles. The number of para-hydroxylation sites is 1. The second-order valence-corrected chi connectivity index (χ2v) is 6.83. The summed E-state index contributed by atoms with van der Waals surface area (Å²) in [7, 11) is 0. The average molecular weight is 329 g/mol. The van der Waals surface area contributed by atoms with Crippen LogP contribution in [0.5, 0.6) is 0 Å². The van der Waals surface area contributed by atoms with Gasteiger partial charge >= 0.3 is 0 Å². The van der Waals surface area contributed by atoms with Crippen LogP contribution in [-0.4, -0.2) is 35.1 Å². The number of hydrogen-bond acceptors (Lipinski definition) is 1. The van der Waals surface area contributed by atoms with Gasteiger partial charge in [0.25, 0.3) is 0 Å². The number of carbonyl (C=O) groups excluding carboxylic acids is 1. The van der Waals surface area contributed by atoms with Crippen molar-refractivity contribution in [3.8, 4) is 0 Å². The number of amides is 1. The molecule has 1 aliphatic rings. The third-order valence-corrected chi connectivity index (χ3v) is 5.33. The zero-order chi connectivity index (χ0) is 17.3. The van der Waals surface area contributed by atoms with Gasteiger partial charge in [0, 0.05) is 29.7 Å². The summed E-state index contributed by atoms with van der Waals surface area (Å²) in [5.74, 6) is 0.551. The third kappa shape index (κ3) is 2.72. The average Bonchev–Trinajstić information content (AvgIpc) is 2.89. The number of alkyl halides is 1. The zero-order valence-electron chi connectivity index (χ0n) is 14.9. The summed E-state index contributed by atoms with van der Waals surface area (Å²) in [5.41, 5.74) is 3.37. The molecule has 0 radical (unpaired) electrons. The van der Waals surface area contributed by atoms with Crippen molar-refractivity contribution in [2.75, 3.05) is 19.8 Å². The lowest BCUT2D eigenvalue weighted by atomic mass is 9.79. The lowest BCUT2D eigenvalue weighted by Crippen LogP contribution is -2.37. The lowest BCUT2D eigenvalue weighted by Gasteiger charge is -2.32. The molecule has 24 heavy (non-hydrogen) atoms. The minimum Gasteiger partial charge on any atom is -0.343 e. The van der Waals surface area contributed by atoms with Gasteiger partial charge in [0.2, 0.25) is 5.91 Å². The van der Waals surface area contributed by atoms with E-state index in [4.69, 9.17) is 0 Å². The molecule has 0 bridgehead atoms. The summed E-state index contributed by atoms with van der Waals surface area (Å²) in [5, 5.41) is 1.12. The molecule has 0 fully saturated rings. The summed E-state index contributed by atoms with van der Waals surface area (Å²) in [6.45, 7) is 7.71. The first-order chi connectivity index (χ1) is 11.6. The molecule has 3 nitrogen and oxygen atoms in total. The number of carbonyl (C=O) groups is 1. The van der Waals surface area contributed by atoms with Crippen LogP contribution in [0.15, 0.2) is 24.3 Å². The highest BCUT2D eigenvalue weighted by Crippen LogP contribution is 2.42. The Morgan fingerprint density at radius 2 is 2.00 bits per heavy atom. The fourth-order valence-electron chi connectivity index (χ4n) is 4.25. The molecule has 3 rings (SSSR count). The first kappa shape index (κ1) is 17.0. The zero-order valence-corrected chi connectivity index (χ0v) is 14.9. The molecular formula is C20H27FN2O. The Morgan fingerprint density at radius 3 is 2.67 bits per heavy atom. The molecule has 0 aliphatic heterocycles. The maximum atomic E-state index is 13.1. The molecular weight excluding hydrogens is 302 g/mol. The Balaban J connectivity index is 2.18. The number of halogens is 1. The van der Waals surface area contributed by atoms with Gasteiger partial charge in [0.1, 0.15) is 6.67 Å². The third-order valence-electron chi connectivity index (χ3n) is 5.33. The van der Waals surface area contributed by atoms with Crippen LogP contribution in [0.25, 0.3) is 10.9 Å². The van der Waals surface area contributed by atoms with E-state index in [0.29, 0.717) is 12.5 Å². The number of aryl methyl sites for hydroxylation is 1. The van der Waals surface area contributed by atoms with Gasteiger partial charge in [-0.3, -0.25) is 4.79 Å². The minimum absolute atomic E-state index is 0.102. The molecule has 1 amide bonds. The number of benzene rings is 1. The van der Waals surface area contributed by atoms with Gasteiger partial charge in [-0.1, -0.05) is 25.1 Å². The maximum absolute atomic E-state index is 13.1. The summed E-state index contributed by atoms with van der Waals surface area (Å²) in [6.07, 6.45) is 1.80. The second-order valence-electron chi connectivity index (χ2n) is 6.83. The Morgan fingerprint density at radius 1 is 1.29 bits per heavy atom. The van der Waals surface area contributed by atoms with E-state index in [2.05, 4.69) is 17.6 Å². The molecule has 2 unspecified atom stereocenters. The number of likely N-dealkylation sites (N-methyl/N-ethyl adjacent to an activating group) is 1. The number of hydrogen-bond donors (Lipinski definition) is 0. The molecule has 1 aromatic carbocycles. The maximum Gasteiger partial charge on any atom is 0.230 e. The number of fused-ring (bicyclic) bond motifs is 3. The van der Waals surface area contributed by atoms with Crippen molar-refractivity contribution < 1.29 is 9.18 Å². The first-order valence-electron chi connectivity index (χ1n) is 9.07. The Bertz CT molecular complexity index is 733. The molecule has 0 saturated heterocycles. The fourth-order valence-corrected chi connectivity index (χ4v) is 4.25. The van der Waals surface area contributed by atoms with Gasteiger partial charge < -0.3 is 9.47 Å². The Hall–Kier alpha value is -1.84. The Labute approximate surface area is 143 Å². The summed E-state index contributed by atoms with van der Waals surface area (Å²) >= 11 is 0. The van der Waals surface area contributed by atoms with E-state index in [1.54, 1.807) is 0 Å². The van der Waals surface area contributed by atoms with Crippen molar-refractivity contribution in [3.63, 3.8) is 0 Å². The van der Waals surface area contributed by atoms with E-state index in [0.717, 1.165) is 48.1 Å². The molecule has 2 atom stereocenters. The number of aromatic nitrogens is 1. The van der Waals surface area contributed by atoms with Crippen LogP contribution in [0.3, 0.4) is 0 Å². The van der Waals surface area contributed by atoms with Crippen LogP contribution in [0.1, 0.15) is 44.4 Å². The predicted octanol–water partition coefficient (Wildman–Crippen LogP) is 4.15. The highest BCUT2D eigenvalue weighted by Gasteiger charge is 2.36. The highest BCUT2D eigenvalue weighted by atomic mass is 18.2. The highest BCUT2D eigenvalue weighted by molar-refractivity contribution is 5.94. The standard InChI is InChI=1S/C20H27FN2O/c1-4-22(5-2)20(24)16-12-14(3)13-18-19(16)15-8-6-7-9-17(15)23(18)11-10-21/h6-9,14,16H,4-5,10-13H2,1-3H3/i21-1. The molecule has 0 N–H and O–H groups in total. The molecule has 0 saturated carbocycles. The van der Waals surface area contributed by atoms with Gasteiger partial charge in [-0.25, -0.2) is 4.39 Å². The largest absolute Gasteiger partial charge is 0.343 e. The van der Waals surface area contributed by atoms with Crippen molar-refractivity contribution in [1.82, 2.24) is 9.47 Å². The summed E-state index contributed by atoms with van der Waals surface area (Å²) in [6, 6.07) is 8.14. The molecule has 2 aromatic rings. The van der Waals surface area contributed by atoms with Crippen LogP contribution in [-0.2, 0) is 17.8 Å². The van der Waals surface area contributed by atoms with Crippen molar-refractivity contribution in [2.45, 2.75) is 46.1 Å². The molecule has 1 aromatic heterocycles. The fraction of sp³-hybridized carbons (Fsp3) is 0.550. The number of nitrogens with zero attached hydrogens (tertiary/aromatic N) is 2. The van der Waals surface area contributed by atoms with Gasteiger partial charge in [-0.05, 0) is 44.2 Å². The summed E-state index contributed by atoms with van der Waals surface area (Å²) < 4.78 is 15.2. The molecule has 0 spiro atoms. The van der Waals surface area contributed by atoms with Gasteiger partial charge in [0.15, 0.2) is 0 Å². The van der Waals surface area contributed by atoms with E-state index in [9.17, 15) is 9.18 Å². The lowest BCUT2D eigenvalue weighted by molar-refractivity contribution is -0.133. The van der Waals surface area contributed by atoms with Crippen LogP contribution in [0.4, 0.5) is 4.39 Å². The molecule has 130 valence electrons. The van der Waals surface area contributed by atoms with E-state index in [1.165, 1.54) is 0 Å². The number of rotatable bonds is 5. The molecule has 1 aliphatic carbocycles. The van der Waals surface area contributed by atoms with E-state index >= 15 is 0 Å². The van der Waals surface area contributed by atoms with E-state index in [-0.39, 0.29) is 18.5 Å². The van der Waals surface area contributed by atoms with Crippen LogP contribution < -0.4 is 0 Å². The minimum atomic E-state index is -0.381. The SMILES string of the molecule is CCN(CC)C(=O)C1CC(C)Cc2c1c1ccccc1n2CC[18F]. The van der Waals surface area contributed by atoms with E-state index < -0.39 is 0 Å². The van der Waals surface area contributed by atoms with Crippen LogP contribution >= 0.6 is 0 Å². The predicted molar refractivity (Wildman–Crippen MR) is 96.1 cm³/mol. The quantitative estimate of drug-likeness (QED) is 0.809.